The number of hydrogen-bond acceptors (Lipinski definition) is 3. The number of benzene rings is 1. The molecular weight excluding hydrogens is 297 g/mol. The van der Waals surface area contributed by atoms with Gasteiger partial charge >= 0.3 is 0 Å². The summed E-state index contributed by atoms with van der Waals surface area (Å²) in [5.41, 5.74) is 0.490. The Labute approximate surface area is 131 Å². The molecule has 4 nitrogen and oxygen atoms in total. The molecule has 0 unspecified atom stereocenters. The SMILES string of the molecule is CCNCCNC(=O)c1nccc2ccccc12.Cl.Cl. The molecule has 0 bridgehead atoms. The summed E-state index contributed by atoms with van der Waals surface area (Å²) in [5, 5.41) is 7.94. The van der Waals surface area contributed by atoms with E-state index in [9.17, 15) is 4.79 Å². The average molecular weight is 316 g/mol. The van der Waals surface area contributed by atoms with Gasteiger partial charge in [-0.25, -0.2) is 0 Å². The smallest absolute Gasteiger partial charge is 0.270 e. The Morgan fingerprint density at radius 2 is 1.90 bits per heavy atom. The first-order valence-electron chi connectivity index (χ1n) is 6.15. The van der Waals surface area contributed by atoms with E-state index in [0.29, 0.717) is 12.2 Å². The van der Waals surface area contributed by atoms with Crippen molar-refractivity contribution in [1.29, 1.82) is 0 Å². The van der Waals surface area contributed by atoms with E-state index < -0.39 is 0 Å². The second kappa shape index (κ2) is 9.53. The van der Waals surface area contributed by atoms with Crippen molar-refractivity contribution < 1.29 is 4.79 Å². The molecule has 0 saturated heterocycles. The number of pyridine rings is 1. The molecule has 0 saturated carbocycles. The van der Waals surface area contributed by atoms with Crippen LogP contribution in [0, 0.1) is 0 Å². The lowest BCUT2D eigenvalue weighted by atomic mass is 10.1. The first-order chi connectivity index (χ1) is 8.83. The fourth-order valence-corrected chi connectivity index (χ4v) is 1.83. The predicted octanol–water partition coefficient (Wildman–Crippen LogP) is 2.42. The number of amides is 1. The fourth-order valence-electron chi connectivity index (χ4n) is 1.83. The van der Waals surface area contributed by atoms with Crippen molar-refractivity contribution in [3.8, 4) is 0 Å². The number of nitrogens with zero attached hydrogens (tertiary/aromatic N) is 1. The molecule has 0 fully saturated rings. The zero-order valence-corrected chi connectivity index (χ0v) is 12.9. The second-order valence-electron chi connectivity index (χ2n) is 3.99. The maximum Gasteiger partial charge on any atom is 0.270 e. The van der Waals surface area contributed by atoms with Crippen LogP contribution in [0.4, 0.5) is 0 Å². The molecule has 1 aromatic heterocycles. The number of fused-ring (bicyclic) bond motifs is 1. The number of nitrogens with one attached hydrogen (secondary N) is 2. The van der Waals surface area contributed by atoms with E-state index in [1.165, 1.54) is 0 Å². The molecule has 0 aliphatic rings. The predicted molar refractivity (Wildman–Crippen MR) is 87.1 cm³/mol. The summed E-state index contributed by atoms with van der Waals surface area (Å²) in [7, 11) is 0. The summed E-state index contributed by atoms with van der Waals surface area (Å²) >= 11 is 0. The molecule has 0 radical (unpaired) electrons. The van der Waals surface area contributed by atoms with Crippen LogP contribution in [-0.4, -0.2) is 30.5 Å². The zero-order chi connectivity index (χ0) is 12.8. The fraction of sp³-hybridized carbons (Fsp3) is 0.286. The van der Waals surface area contributed by atoms with E-state index in [4.69, 9.17) is 0 Å². The van der Waals surface area contributed by atoms with Crippen LogP contribution < -0.4 is 10.6 Å². The van der Waals surface area contributed by atoms with Gasteiger partial charge in [-0.15, -0.1) is 24.8 Å². The first-order valence-corrected chi connectivity index (χ1v) is 6.15. The highest BCUT2D eigenvalue weighted by Crippen LogP contribution is 2.15. The third-order valence-electron chi connectivity index (χ3n) is 2.73. The highest BCUT2D eigenvalue weighted by Gasteiger charge is 2.10. The molecule has 2 rings (SSSR count). The minimum atomic E-state index is -0.121. The molecular formula is C14H19Cl2N3O. The van der Waals surface area contributed by atoms with Crippen LogP contribution in [0.3, 0.4) is 0 Å². The average Bonchev–Trinajstić information content (AvgIpc) is 2.43. The lowest BCUT2D eigenvalue weighted by Gasteiger charge is -2.07. The molecule has 110 valence electrons. The molecule has 2 N–H and O–H groups in total. The minimum absolute atomic E-state index is 0. The van der Waals surface area contributed by atoms with Crippen molar-refractivity contribution in [2.45, 2.75) is 6.92 Å². The lowest BCUT2D eigenvalue weighted by molar-refractivity contribution is 0.0951. The lowest BCUT2D eigenvalue weighted by Crippen LogP contribution is -2.32. The monoisotopic (exact) mass is 315 g/mol. The van der Waals surface area contributed by atoms with Crippen LogP contribution >= 0.6 is 24.8 Å². The summed E-state index contributed by atoms with van der Waals surface area (Å²) in [6.07, 6.45) is 1.67. The summed E-state index contributed by atoms with van der Waals surface area (Å²) in [5.74, 6) is -0.121. The van der Waals surface area contributed by atoms with E-state index in [-0.39, 0.29) is 30.7 Å². The molecule has 0 spiro atoms. The Morgan fingerprint density at radius 1 is 1.15 bits per heavy atom. The Hall–Kier alpha value is -1.36. The van der Waals surface area contributed by atoms with Crippen LogP contribution in [0.5, 0.6) is 0 Å². The zero-order valence-electron chi connectivity index (χ0n) is 11.3. The first kappa shape index (κ1) is 18.6. The van der Waals surface area contributed by atoms with Crippen molar-refractivity contribution in [2.75, 3.05) is 19.6 Å². The Kier molecular flexibility index (Phi) is 8.88. The molecule has 1 aromatic carbocycles. The van der Waals surface area contributed by atoms with Gasteiger partial charge in [0.25, 0.3) is 5.91 Å². The van der Waals surface area contributed by atoms with Crippen LogP contribution in [0.25, 0.3) is 10.8 Å². The Bertz CT molecular complexity index is 543. The summed E-state index contributed by atoms with van der Waals surface area (Å²) in [6.45, 7) is 4.32. The third kappa shape index (κ3) is 4.63. The largest absolute Gasteiger partial charge is 0.349 e. The number of carbonyl (C=O) groups excluding carboxylic acids is 1. The third-order valence-corrected chi connectivity index (χ3v) is 2.73. The van der Waals surface area contributed by atoms with E-state index >= 15 is 0 Å². The number of rotatable bonds is 5. The molecule has 6 heteroatoms. The number of carbonyl (C=O) groups is 1. The van der Waals surface area contributed by atoms with Gasteiger partial charge in [0.05, 0.1) is 0 Å². The van der Waals surface area contributed by atoms with Gasteiger partial charge < -0.3 is 10.6 Å². The van der Waals surface area contributed by atoms with Gasteiger partial charge in [-0.2, -0.15) is 0 Å². The van der Waals surface area contributed by atoms with Gasteiger partial charge in [0, 0.05) is 24.7 Å². The van der Waals surface area contributed by atoms with Crippen LogP contribution in [0.2, 0.25) is 0 Å². The van der Waals surface area contributed by atoms with Gasteiger partial charge in [0.2, 0.25) is 0 Å². The number of hydrogen-bond donors (Lipinski definition) is 2. The standard InChI is InChI=1S/C14H17N3O.2ClH/c1-2-15-9-10-17-14(18)13-12-6-4-3-5-11(12)7-8-16-13;;/h3-8,15H,2,9-10H2,1H3,(H,17,18);2*1H. The molecule has 0 atom stereocenters. The van der Waals surface area contributed by atoms with Crippen molar-refractivity contribution in [3.63, 3.8) is 0 Å². The summed E-state index contributed by atoms with van der Waals surface area (Å²) in [6, 6.07) is 9.67. The van der Waals surface area contributed by atoms with Gasteiger partial charge in [-0.1, -0.05) is 31.2 Å². The van der Waals surface area contributed by atoms with E-state index in [2.05, 4.69) is 15.6 Å². The Balaban J connectivity index is 0.00000180. The molecule has 20 heavy (non-hydrogen) atoms. The number of halogens is 2. The molecule has 2 aromatic rings. The normalized spacial score (nSPS) is 9.45. The van der Waals surface area contributed by atoms with Crippen molar-refractivity contribution in [3.05, 3.63) is 42.2 Å². The molecule has 0 aliphatic carbocycles. The quantitative estimate of drug-likeness (QED) is 0.833. The minimum Gasteiger partial charge on any atom is -0.349 e. The topological polar surface area (TPSA) is 54.0 Å². The van der Waals surface area contributed by atoms with Gasteiger partial charge in [0.15, 0.2) is 0 Å². The maximum absolute atomic E-state index is 12.0. The van der Waals surface area contributed by atoms with Crippen molar-refractivity contribution in [2.24, 2.45) is 0 Å². The van der Waals surface area contributed by atoms with E-state index in [1.54, 1.807) is 6.20 Å². The maximum atomic E-state index is 12.0. The van der Waals surface area contributed by atoms with Crippen LogP contribution in [0.1, 0.15) is 17.4 Å². The van der Waals surface area contributed by atoms with E-state index in [0.717, 1.165) is 23.9 Å². The van der Waals surface area contributed by atoms with Crippen LogP contribution in [-0.2, 0) is 0 Å². The van der Waals surface area contributed by atoms with Crippen molar-refractivity contribution >= 4 is 41.5 Å². The highest BCUT2D eigenvalue weighted by atomic mass is 35.5. The van der Waals surface area contributed by atoms with Crippen molar-refractivity contribution in [1.82, 2.24) is 15.6 Å². The van der Waals surface area contributed by atoms with Gasteiger partial charge in [0.1, 0.15) is 5.69 Å². The van der Waals surface area contributed by atoms with Gasteiger partial charge in [-0.3, -0.25) is 9.78 Å². The molecule has 0 aliphatic heterocycles. The second-order valence-corrected chi connectivity index (χ2v) is 3.99. The number of aromatic nitrogens is 1. The van der Waals surface area contributed by atoms with E-state index in [1.807, 2.05) is 37.3 Å². The summed E-state index contributed by atoms with van der Waals surface area (Å²) < 4.78 is 0. The highest BCUT2D eigenvalue weighted by molar-refractivity contribution is 6.05. The van der Waals surface area contributed by atoms with Gasteiger partial charge in [-0.05, 0) is 18.0 Å². The molecule has 1 heterocycles. The number of likely N-dealkylation sites (N-methyl/N-ethyl adjacent to an activating group) is 1. The van der Waals surface area contributed by atoms with Crippen LogP contribution in [0.15, 0.2) is 36.5 Å². The Morgan fingerprint density at radius 3 is 2.65 bits per heavy atom. The summed E-state index contributed by atoms with van der Waals surface area (Å²) in [4.78, 5) is 16.2. The molecule has 1 amide bonds.